The van der Waals surface area contributed by atoms with Gasteiger partial charge in [-0.05, 0) is 17.7 Å². The quantitative estimate of drug-likeness (QED) is 0.585. The van der Waals surface area contributed by atoms with E-state index in [1.54, 1.807) is 0 Å². The van der Waals surface area contributed by atoms with Crippen molar-refractivity contribution in [2.24, 2.45) is 5.73 Å². The van der Waals surface area contributed by atoms with E-state index in [2.05, 4.69) is 0 Å². The van der Waals surface area contributed by atoms with Gasteiger partial charge in [-0.15, -0.1) is 0 Å². The predicted molar refractivity (Wildman–Crippen MR) is 60.7 cm³/mol. The Hall–Kier alpha value is -1.75. The summed E-state index contributed by atoms with van der Waals surface area (Å²) < 4.78 is 40.5. The minimum Gasteiger partial charge on any atom is -0.399 e. The highest BCUT2D eigenvalue weighted by Crippen LogP contribution is 2.38. The highest BCUT2D eigenvalue weighted by atomic mass is 19.2. The fourth-order valence-corrected chi connectivity index (χ4v) is 1.73. The standard InChI is InChI=1S/C12H11F3N2/c13-9-5-12(15,17)6-10(14)11(9)7-1-3-8(16)4-2-7/h1-5H,6,16-17H2. The molecule has 0 saturated carbocycles. The van der Waals surface area contributed by atoms with Crippen LogP contribution in [0.4, 0.5) is 18.9 Å². The lowest BCUT2D eigenvalue weighted by molar-refractivity contribution is 0.219. The van der Waals surface area contributed by atoms with Gasteiger partial charge in [-0.2, -0.15) is 0 Å². The molecule has 1 aliphatic carbocycles. The van der Waals surface area contributed by atoms with Crippen LogP contribution in [0.1, 0.15) is 12.0 Å². The van der Waals surface area contributed by atoms with Crippen LogP contribution >= 0.6 is 0 Å². The van der Waals surface area contributed by atoms with E-state index in [1.165, 1.54) is 24.3 Å². The smallest absolute Gasteiger partial charge is 0.187 e. The topological polar surface area (TPSA) is 52.0 Å². The monoisotopic (exact) mass is 240 g/mol. The Bertz CT molecular complexity index is 501. The van der Waals surface area contributed by atoms with Crippen LogP contribution in [-0.4, -0.2) is 5.79 Å². The van der Waals surface area contributed by atoms with Gasteiger partial charge >= 0.3 is 0 Å². The molecule has 1 aromatic carbocycles. The average molecular weight is 240 g/mol. The number of hydrogen-bond acceptors (Lipinski definition) is 2. The number of nitrogens with two attached hydrogens (primary N) is 2. The van der Waals surface area contributed by atoms with Gasteiger partial charge in [0.2, 0.25) is 0 Å². The summed E-state index contributed by atoms with van der Waals surface area (Å²) in [7, 11) is 0. The Morgan fingerprint density at radius 3 is 2.24 bits per heavy atom. The lowest BCUT2D eigenvalue weighted by Crippen LogP contribution is -2.34. The van der Waals surface area contributed by atoms with E-state index in [0.29, 0.717) is 17.3 Å². The third-order valence-corrected chi connectivity index (χ3v) is 2.50. The molecule has 0 heterocycles. The van der Waals surface area contributed by atoms with Gasteiger partial charge in [0.15, 0.2) is 5.79 Å². The van der Waals surface area contributed by atoms with Crippen LogP contribution in [0.15, 0.2) is 42.0 Å². The fraction of sp³-hybridized carbons (Fsp3) is 0.167. The Morgan fingerprint density at radius 2 is 1.71 bits per heavy atom. The van der Waals surface area contributed by atoms with E-state index in [9.17, 15) is 13.2 Å². The molecule has 0 aromatic heterocycles. The summed E-state index contributed by atoms with van der Waals surface area (Å²) in [6.45, 7) is 0. The zero-order chi connectivity index (χ0) is 12.6. The lowest BCUT2D eigenvalue weighted by Gasteiger charge is -2.22. The predicted octanol–water partition coefficient (Wildman–Crippen LogP) is 2.83. The van der Waals surface area contributed by atoms with E-state index in [-0.39, 0.29) is 5.57 Å². The molecule has 0 aliphatic heterocycles. The number of anilines is 1. The molecule has 1 unspecified atom stereocenters. The first kappa shape index (κ1) is 11.7. The number of halogens is 3. The minimum absolute atomic E-state index is 0.260. The van der Waals surface area contributed by atoms with Crippen molar-refractivity contribution in [1.82, 2.24) is 0 Å². The maximum absolute atomic E-state index is 13.6. The van der Waals surface area contributed by atoms with Gasteiger partial charge in [0.05, 0.1) is 6.42 Å². The summed E-state index contributed by atoms with van der Waals surface area (Å²) >= 11 is 0. The molecule has 0 radical (unpaired) electrons. The summed E-state index contributed by atoms with van der Waals surface area (Å²) in [4.78, 5) is 0. The highest BCUT2D eigenvalue weighted by Gasteiger charge is 2.32. The third kappa shape index (κ3) is 2.34. The van der Waals surface area contributed by atoms with Gasteiger partial charge in [-0.3, -0.25) is 5.73 Å². The summed E-state index contributed by atoms with van der Waals surface area (Å²) in [6, 6.07) is 5.98. The molecule has 4 N–H and O–H groups in total. The largest absolute Gasteiger partial charge is 0.399 e. The molecule has 0 fully saturated rings. The van der Waals surface area contributed by atoms with Crippen LogP contribution < -0.4 is 11.5 Å². The molecule has 0 spiro atoms. The molecule has 0 amide bonds. The number of nitrogen functional groups attached to an aromatic ring is 1. The van der Waals surface area contributed by atoms with E-state index in [0.717, 1.165) is 0 Å². The van der Waals surface area contributed by atoms with Crippen LogP contribution in [0.5, 0.6) is 0 Å². The molecule has 17 heavy (non-hydrogen) atoms. The number of alkyl halides is 1. The first-order valence-corrected chi connectivity index (χ1v) is 5.00. The van der Waals surface area contributed by atoms with Gasteiger partial charge in [-0.1, -0.05) is 12.1 Å². The molecule has 2 rings (SSSR count). The minimum atomic E-state index is -2.47. The number of rotatable bonds is 1. The fourth-order valence-electron chi connectivity index (χ4n) is 1.73. The zero-order valence-electron chi connectivity index (χ0n) is 8.88. The molecular weight excluding hydrogens is 229 g/mol. The van der Waals surface area contributed by atoms with Crippen LogP contribution in [-0.2, 0) is 0 Å². The molecule has 2 nitrogen and oxygen atoms in total. The van der Waals surface area contributed by atoms with Crippen molar-refractivity contribution in [1.29, 1.82) is 0 Å². The van der Waals surface area contributed by atoms with Crippen LogP contribution in [0, 0.1) is 0 Å². The van der Waals surface area contributed by atoms with Crippen LogP contribution in [0.3, 0.4) is 0 Å². The third-order valence-electron chi connectivity index (χ3n) is 2.50. The van der Waals surface area contributed by atoms with Crippen LogP contribution in [0.2, 0.25) is 0 Å². The van der Waals surface area contributed by atoms with Gasteiger partial charge in [0.25, 0.3) is 0 Å². The Balaban J connectivity index is 2.46. The molecule has 1 atom stereocenters. The van der Waals surface area contributed by atoms with Crippen molar-refractivity contribution >= 4 is 11.3 Å². The maximum Gasteiger partial charge on any atom is 0.187 e. The maximum atomic E-state index is 13.6. The first-order chi connectivity index (χ1) is 7.89. The molecule has 5 heteroatoms. The molecule has 0 bridgehead atoms. The lowest BCUT2D eigenvalue weighted by atomic mass is 9.94. The van der Waals surface area contributed by atoms with E-state index in [4.69, 9.17) is 11.5 Å². The van der Waals surface area contributed by atoms with Crippen molar-refractivity contribution in [2.75, 3.05) is 5.73 Å². The molecule has 90 valence electrons. The zero-order valence-corrected chi connectivity index (χ0v) is 8.88. The Labute approximate surface area is 96.4 Å². The number of allylic oxidation sites excluding steroid dienone is 2. The van der Waals surface area contributed by atoms with E-state index < -0.39 is 23.9 Å². The molecule has 1 aliphatic rings. The molecule has 1 aromatic rings. The Kier molecular flexibility index (Phi) is 2.71. The number of benzene rings is 1. The van der Waals surface area contributed by atoms with Crippen LogP contribution in [0.25, 0.3) is 5.57 Å². The van der Waals surface area contributed by atoms with Crippen molar-refractivity contribution in [2.45, 2.75) is 12.2 Å². The summed E-state index contributed by atoms with van der Waals surface area (Å²) in [5.74, 6) is -4.37. The summed E-state index contributed by atoms with van der Waals surface area (Å²) in [5.41, 5.74) is 11.0. The molecular formula is C12H11F3N2. The highest BCUT2D eigenvalue weighted by molar-refractivity contribution is 5.80. The van der Waals surface area contributed by atoms with E-state index >= 15 is 0 Å². The van der Waals surface area contributed by atoms with Gasteiger partial charge in [-0.25, -0.2) is 13.2 Å². The van der Waals surface area contributed by atoms with Gasteiger partial charge < -0.3 is 5.73 Å². The second-order valence-electron chi connectivity index (χ2n) is 4.00. The average Bonchev–Trinajstić information content (AvgIpc) is 2.18. The number of hydrogen-bond donors (Lipinski definition) is 2. The van der Waals surface area contributed by atoms with Crippen molar-refractivity contribution in [3.8, 4) is 0 Å². The SMILES string of the molecule is Nc1ccc(C2=C(F)CC(N)(F)C=C2F)cc1. The van der Waals surface area contributed by atoms with Gasteiger partial charge in [0.1, 0.15) is 11.7 Å². The second-order valence-corrected chi connectivity index (χ2v) is 4.00. The van der Waals surface area contributed by atoms with Gasteiger partial charge in [0, 0.05) is 17.3 Å². The van der Waals surface area contributed by atoms with Crippen molar-refractivity contribution in [3.05, 3.63) is 47.6 Å². The normalized spacial score (nSPS) is 24.8. The Morgan fingerprint density at radius 1 is 1.12 bits per heavy atom. The summed E-state index contributed by atoms with van der Waals surface area (Å²) in [6.07, 6.45) is -0.0814. The molecule has 0 saturated heterocycles. The summed E-state index contributed by atoms with van der Waals surface area (Å²) in [5, 5.41) is 0. The van der Waals surface area contributed by atoms with Crippen molar-refractivity contribution < 1.29 is 13.2 Å². The van der Waals surface area contributed by atoms with Crippen molar-refractivity contribution in [3.63, 3.8) is 0 Å². The second kappa shape index (κ2) is 3.92. The van der Waals surface area contributed by atoms with E-state index in [1.807, 2.05) is 0 Å². The first-order valence-electron chi connectivity index (χ1n) is 5.00.